The smallest absolute Gasteiger partial charge is 0.00826 e. The highest BCUT2D eigenvalue weighted by Gasteiger charge is 2.20. The number of aryl methyl sites for hydroxylation is 2. The highest BCUT2D eigenvalue weighted by molar-refractivity contribution is 7.13. The molecule has 0 saturated heterocycles. The van der Waals surface area contributed by atoms with Crippen LogP contribution in [0.15, 0.2) is 24.3 Å². The maximum atomic E-state index is 2.36. The van der Waals surface area contributed by atoms with Crippen LogP contribution in [0.4, 0.5) is 0 Å². The molecule has 0 aromatic carbocycles. The van der Waals surface area contributed by atoms with Gasteiger partial charge in [-0.15, -0.1) is 22.7 Å². The average Bonchev–Trinajstić information content (AvgIpc) is 2.92. The van der Waals surface area contributed by atoms with E-state index in [1.807, 2.05) is 22.7 Å². The standard InChI is InChI=1S/C14H16S2/c1-9-10(2)14-8-6-12(16-14)4-3-11-5-7-13(9)15-11/h5-10H,3-4H2,1-2H3. The van der Waals surface area contributed by atoms with E-state index in [0.717, 1.165) is 0 Å². The van der Waals surface area contributed by atoms with Crippen molar-refractivity contribution in [3.63, 3.8) is 0 Å². The molecule has 0 saturated carbocycles. The van der Waals surface area contributed by atoms with E-state index in [-0.39, 0.29) is 0 Å². The minimum absolute atomic E-state index is 0.656. The van der Waals surface area contributed by atoms with Gasteiger partial charge in [0.2, 0.25) is 0 Å². The molecule has 0 N–H and O–H groups in total. The largest absolute Gasteiger partial charge is 0.145 e. The Morgan fingerprint density at radius 2 is 1.25 bits per heavy atom. The number of rotatable bonds is 0. The van der Waals surface area contributed by atoms with Gasteiger partial charge in [-0.3, -0.25) is 0 Å². The fraction of sp³-hybridized carbons (Fsp3) is 0.429. The zero-order valence-electron chi connectivity index (χ0n) is 9.69. The molecule has 84 valence electrons. The predicted molar refractivity (Wildman–Crippen MR) is 72.9 cm³/mol. The molecular formula is C14H16S2. The lowest BCUT2D eigenvalue weighted by Gasteiger charge is -2.17. The van der Waals surface area contributed by atoms with Crippen molar-refractivity contribution in [3.8, 4) is 0 Å². The third-order valence-electron chi connectivity index (χ3n) is 3.63. The summed E-state index contributed by atoms with van der Waals surface area (Å²) in [6, 6.07) is 9.31. The Kier molecular flexibility index (Phi) is 2.64. The molecule has 0 fully saturated rings. The summed E-state index contributed by atoms with van der Waals surface area (Å²) < 4.78 is 0. The molecule has 2 atom stereocenters. The van der Waals surface area contributed by atoms with Crippen molar-refractivity contribution in [2.45, 2.75) is 38.5 Å². The van der Waals surface area contributed by atoms with Gasteiger partial charge in [-0.2, -0.15) is 0 Å². The summed E-state index contributed by atoms with van der Waals surface area (Å²) in [5, 5.41) is 0. The SMILES string of the molecule is CC1c2ccc(s2)CCc2ccc(s2)C1C. The van der Waals surface area contributed by atoms with Crippen LogP contribution >= 0.6 is 22.7 Å². The lowest BCUT2D eigenvalue weighted by Crippen LogP contribution is -2.01. The average molecular weight is 248 g/mol. The number of hydrogen-bond acceptors (Lipinski definition) is 2. The molecule has 2 unspecified atom stereocenters. The molecule has 4 bridgehead atoms. The lowest BCUT2D eigenvalue weighted by molar-refractivity contribution is 0.643. The first kappa shape index (κ1) is 10.5. The monoisotopic (exact) mass is 248 g/mol. The first-order valence-electron chi connectivity index (χ1n) is 5.91. The van der Waals surface area contributed by atoms with Crippen LogP contribution in [-0.2, 0) is 12.8 Å². The van der Waals surface area contributed by atoms with Crippen molar-refractivity contribution in [2.24, 2.45) is 0 Å². The first-order valence-corrected chi connectivity index (χ1v) is 7.54. The van der Waals surface area contributed by atoms with E-state index in [1.165, 1.54) is 12.8 Å². The van der Waals surface area contributed by atoms with Gasteiger partial charge in [-0.25, -0.2) is 0 Å². The molecule has 0 radical (unpaired) electrons. The van der Waals surface area contributed by atoms with Gasteiger partial charge in [0.1, 0.15) is 0 Å². The molecule has 0 spiro atoms. The fourth-order valence-corrected chi connectivity index (χ4v) is 4.62. The highest BCUT2D eigenvalue weighted by atomic mass is 32.1. The third kappa shape index (κ3) is 1.74. The predicted octanol–water partition coefficient (Wildman–Crippen LogP) is 4.82. The van der Waals surface area contributed by atoms with E-state index < -0.39 is 0 Å². The molecule has 1 aliphatic rings. The van der Waals surface area contributed by atoms with Gasteiger partial charge < -0.3 is 0 Å². The summed E-state index contributed by atoms with van der Waals surface area (Å²) >= 11 is 4.02. The zero-order chi connectivity index (χ0) is 11.1. The van der Waals surface area contributed by atoms with Crippen molar-refractivity contribution < 1.29 is 0 Å². The van der Waals surface area contributed by atoms with E-state index >= 15 is 0 Å². The van der Waals surface area contributed by atoms with E-state index in [1.54, 1.807) is 19.5 Å². The van der Waals surface area contributed by atoms with Crippen LogP contribution in [0.3, 0.4) is 0 Å². The van der Waals surface area contributed by atoms with Crippen LogP contribution in [0.5, 0.6) is 0 Å². The molecule has 3 rings (SSSR count). The summed E-state index contributed by atoms with van der Waals surface area (Å²) in [5.41, 5.74) is 0. The number of fused-ring (bicyclic) bond motifs is 4. The van der Waals surface area contributed by atoms with Crippen molar-refractivity contribution in [3.05, 3.63) is 43.8 Å². The number of thiophene rings is 2. The summed E-state index contributed by atoms with van der Waals surface area (Å²) in [6.07, 6.45) is 2.43. The Bertz CT molecular complexity index is 446. The Hall–Kier alpha value is -0.600. The van der Waals surface area contributed by atoms with Gasteiger partial charge in [0.25, 0.3) is 0 Å². The molecule has 1 aliphatic heterocycles. The van der Waals surface area contributed by atoms with Gasteiger partial charge in [0.15, 0.2) is 0 Å². The highest BCUT2D eigenvalue weighted by Crippen LogP contribution is 2.40. The van der Waals surface area contributed by atoms with Crippen LogP contribution in [0.2, 0.25) is 0 Å². The Morgan fingerprint density at radius 3 is 1.69 bits per heavy atom. The minimum atomic E-state index is 0.656. The summed E-state index contributed by atoms with van der Waals surface area (Å²) in [7, 11) is 0. The van der Waals surface area contributed by atoms with Crippen LogP contribution in [-0.4, -0.2) is 0 Å². The summed E-state index contributed by atoms with van der Waals surface area (Å²) in [5.74, 6) is 1.31. The van der Waals surface area contributed by atoms with Crippen molar-refractivity contribution in [2.75, 3.05) is 0 Å². The first-order chi connectivity index (χ1) is 7.74. The topological polar surface area (TPSA) is 0 Å². The maximum Gasteiger partial charge on any atom is 0.00826 e. The van der Waals surface area contributed by atoms with Gasteiger partial charge in [0.05, 0.1) is 0 Å². The van der Waals surface area contributed by atoms with Crippen LogP contribution in [0, 0.1) is 0 Å². The van der Waals surface area contributed by atoms with Gasteiger partial charge in [-0.05, 0) is 48.9 Å². The Morgan fingerprint density at radius 1 is 0.812 bits per heavy atom. The fourth-order valence-electron chi connectivity index (χ4n) is 2.29. The van der Waals surface area contributed by atoms with E-state index in [2.05, 4.69) is 38.1 Å². The molecule has 2 aromatic rings. The molecule has 2 aromatic heterocycles. The Labute approximate surface area is 105 Å². The number of hydrogen-bond donors (Lipinski definition) is 0. The van der Waals surface area contributed by atoms with E-state index in [4.69, 9.17) is 0 Å². The molecule has 0 amide bonds. The third-order valence-corrected chi connectivity index (χ3v) is 6.32. The lowest BCUT2D eigenvalue weighted by atomic mass is 9.93. The molecule has 2 heteroatoms. The molecular weight excluding hydrogens is 232 g/mol. The van der Waals surface area contributed by atoms with Crippen LogP contribution < -0.4 is 0 Å². The molecule has 0 aliphatic carbocycles. The zero-order valence-corrected chi connectivity index (χ0v) is 11.3. The second kappa shape index (κ2) is 4.01. The maximum absolute atomic E-state index is 2.36. The van der Waals surface area contributed by atoms with Crippen LogP contribution in [0.25, 0.3) is 0 Å². The van der Waals surface area contributed by atoms with E-state index in [0.29, 0.717) is 11.8 Å². The molecule has 3 heterocycles. The van der Waals surface area contributed by atoms with Crippen molar-refractivity contribution in [1.82, 2.24) is 0 Å². The second-order valence-corrected chi connectivity index (χ2v) is 7.09. The molecule has 0 nitrogen and oxygen atoms in total. The Balaban J connectivity index is 2.06. The second-order valence-electron chi connectivity index (χ2n) is 4.69. The molecule has 16 heavy (non-hydrogen) atoms. The van der Waals surface area contributed by atoms with Crippen LogP contribution in [0.1, 0.15) is 45.2 Å². The summed E-state index contributed by atoms with van der Waals surface area (Å²) in [6.45, 7) is 4.72. The van der Waals surface area contributed by atoms with Gasteiger partial charge >= 0.3 is 0 Å². The minimum Gasteiger partial charge on any atom is -0.145 e. The summed E-state index contributed by atoms with van der Waals surface area (Å²) in [4.78, 5) is 6.20. The quantitative estimate of drug-likeness (QED) is 0.627. The normalized spacial score (nSPS) is 24.4. The van der Waals surface area contributed by atoms with Crippen molar-refractivity contribution >= 4 is 22.7 Å². The van der Waals surface area contributed by atoms with E-state index in [9.17, 15) is 0 Å². The van der Waals surface area contributed by atoms with Crippen molar-refractivity contribution in [1.29, 1.82) is 0 Å². The van der Waals surface area contributed by atoms with Gasteiger partial charge in [0, 0.05) is 19.5 Å². The van der Waals surface area contributed by atoms with Gasteiger partial charge in [-0.1, -0.05) is 13.8 Å².